The van der Waals surface area contributed by atoms with Gasteiger partial charge in [-0.15, -0.1) is 0 Å². The van der Waals surface area contributed by atoms with Crippen LogP contribution in [0.5, 0.6) is 0 Å². The van der Waals surface area contributed by atoms with Gasteiger partial charge in [0.15, 0.2) is 5.60 Å². The summed E-state index contributed by atoms with van der Waals surface area (Å²) in [7, 11) is 1.56. The van der Waals surface area contributed by atoms with Gasteiger partial charge in [-0.1, -0.05) is 13.8 Å². The van der Waals surface area contributed by atoms with Crippen LogP contribution in [0.1, 0.15) is 40.5 Å². The number of rotatable bonds is 8. The molecule has 0 radical (unpaired) electrons. The van der Waals surface area contributed by atoms with E-state index in [0.29, 0.717) is 18.9 Å². The molecule has 1 N–H and O–H groups in total. The van der Waals surface area contributed by atoms with Crippen LogP contribution in [-0.2, 0) is 14.3 Å². The number of hydrogen-bond acceptors (Lipinski definition) is 3. The van der Waals surface area contributed by atoms with Crippen molar-refractivity contribution in [3.8, 4) is 0 Å². The Bertz CT molecular complexity index is 215. The third-order valence-corrected chi connectivity index (χ3v) is 2.50. The first-order valence-electron chi connectivity index (χ1n) is 5.72. The summed E-state index contributed by atoms with van der Waals surface area (Å²) in [4.78, 5) is 11.2. The Morgan fingerprint density at radius 3 is 2.31 bits per heavy atom. The highest BCUT2D eigenvalue weighted by atomic mass is 16.5. The van der Waals surface area contributed by atoms with Crippen molar-refractivity contribution in [1.29, 1.82) is 0 Å². The van der Waals surface area contributed by atoms with E-state index in [1.54, 1.807) is 14.0 Å². The molecule has 0 saturated carbocycles. The van der Waals surface area contributed by atoms with Gasteiger partial charge in [0.05, 0.1) is 6.10 Å². The fourth-order valence-electron chi connectivity index (χ4n) is 1.67. The molecule has 2 atom stereocenters. The Balaban J connectivity index is 4.36. The quantitative estimate of drug-likeness (QED) is 0.697. The molecule has 16 heavy (non-hydrogen) atoms. The molecule has 0 amide bonds. The molecule has 0 fully saturated rings. The van der Waals surface area contributed by atoms with Gasteiger partial charge in [0, 0.05) is 20.1 Å². The summed E-state index contributed by atoms with van der Waals surface area (Å²) in [5, 5.41) is 9.16. The minimum absolute atomic E-state index is 0.0574. The van der Waals surface area contributed by atoms with Crippen molar-refractivity contribution >= 4 is 5.97 Å². The van der Waals surface area contributed by atoms with Gasteiger partial charge in [-0.3, -0.25) is 0 Å². The van der Waals surface area contributed by atoms with Gasteiger partial charge in [-0.25, -0.2) is 4.79 Å². The van der Waals surface area contributed by atoms with Crippen LogP contribution < -0.4 is 0 Å². The number of hydrogen-bond donors (Lipinski definition) is 1. The van der Waals surface area contributed by atoms with Crippen molar-refractivity contribution in [3.63, 3.8) is 0 Å². The van der Waals surface area contributed by atoms with Crippen molar-refractivity contribution in [1.82, 2.24) is 0 Å². The first-order valence-corrected chi connectivity index (χ1v) is 5.72. The molecule has 4 heteroatoms. The third-order valence-electron chi connectivity index (χ3n) is 2.50. The summed E-state index contributed by atoms with van der Waals surface area (Å²) < 4.78 is 10.5. The molecule has 0 aromatic rings. The van der Waals surface area contributed by atoms with Crippen LogP contribution in [-0.4, -0.2) is 36.5 Å². The highest BCUT2D eigenvalue weighted by Crippen LogP contribution is 2.21. The van der Waals surface area contributed by atoms with E-state index in [9.17, 15) is 4.79 Å². The standard InChI is InChI=1S/C12H24O4/c1-9(2)8-10(3)16-12(4,11(13)14)6-7-15-5/h9-10H,6-8H2,1-5H3,(H,13,14). The Labute approximate surface area is 97.9 Å². The van der Waals surface area contributed by atoms with Crippen molar-refractivity contribution in [2.75, 3.05) is 13.7 Å². The predicted molar refractivity (Wildman–Crippen MR) is 62.5 cm³/mol. The van der Waals surface area contributed by atoms with E-state index in [2.05, 4.69) is 13.8 Å². The lowest BCUT2D eigenvalue weighted by Gasteiger charge is -2.29. The molecule has 96 valence electrons. The number of methoxy groups -OCH3 is 1. The normalized spacial score (nSPS) is 17.1. The van der Waals surface area contributed by atoms with Gasteiger partial charge in [0.25, 0.3) is 0 Å². The van der Waals surface area contributed by atoms with Crippen molar-refractivity contribution in [2.45, 2.75) is 52.2 Å². The Morgan fingerprint density at radius 1 is 1.38 bits per heavy atom. The molecular formula is C12H24O4. The van der Waals surface area contributed by atoms with E-state index in [-0.39, 0.29) is 6.10 Å². The van der Waals surface area contributed by atoms with E-state index >= 15 is 0 Å². The molecule has 0 heterocycles. The molecule has 4 nitrogen and oxygen atoms in total. The van der Waals surface area contributed by atoms with E-state index < -0.39 is 11.6 Å². The largest absolute Gasteiger partial charge is 0.479 e. The number of carboxylic acids is 1. The average Bonchev–Trinajstić information content (AvgIpc) is 2.12. The van der Waals surface area contributed by atoms with Gasteiger partial charge < -0.3 is 14.6 Å². The number of carboxylic acid groups (broad SMARTS) is 1. The third kappa shape index (κ3) is 5.47. The van der Waals surface area contributed by atoms with Gasteiger partial charge in [-0.2, -0.15) is 0 Å². The second kappa shape index (κ2) is 6.86. The van der Waals surface area contributed by atoms with Crippen molar-refractivity contribution < 1.29 is 19.4 Å². The van der Waals surface area contributed by atoms with Gasteiger partial charge in [-0.05, 0) is 26.2 Å². The predicted octanol–water partition coefficient (Wildman–Crippen LogP) is 2.32. The first-order chi connectivity index (χ1) is 7.31. The minimum atomic E-state index is -1.15. The maximum absolute atomic E-state index is 11.2. The van der Waals surface area contributed by atoms with Crippen molar-refractivity contribution in [3.05, 3.63) is 0 Å². The molecule has 0 aromatic carbocycles. The number of carbonyl (C=O) groups is 1. The molecular weight excluding hydrogens is 208 g/mol. The monoisotopic (exact) mass is 232 g/mol. The summed E-state index contributed by atoms with van der Waals surface area (Å²) in [6.07, 6.45) is 1.16. The lowest BCUT2D eigenvalue weighted by Crippen LogP contribution is -2.42. The fraction of sp³-hybridized carbons (Fsp3) is 0.917. The molecule has 0 bridgehead atoms. The highest BCUT2D eigenvalue weighted by Gasteiger charge is 2.35. The zero-order valence-corrected chi connectivity index (χ0v) is 10.9. The van der Waals surface area contributed by atoms with Crippen LogP contribution in [0.15, 0.2) is 0 Å². The number of ether oxygens (including phenoxy) is 2. The molecule has 0 rings (SSSR count). The molecule has 0 aliphatic heterocycles. The second-order valence-electron chi connectivity index (χ2n) is 4.84. The summed E-state index contributed by atoms with van der Waals surface area (Å²) >= 11 is 0. The van der Waals surface area contributed by atoms with Crippen LogP contribution in [0.3, 0.4) is 0 Å². The summed E-state index contributed by atoms with van der Waals surface area (Å²) in [6.45, 7) is 8.08. The van der Waals surface area contributed by atoms with Crippen LogP contribution in [0.25, 0.3) is 0 Å². The summed E-state index contributed by atoms with van der Waals surface area (Å²) in [6, 6.07) is 0. The maximum Gasteiger partial charge on any atom is 0.335 e. The first kappa shape index (κ1) is 15.4. The van der Waals surface area contributed by atoms with Gasteiger partial charge in [0.2, 0.25) is 0 Å². The molecule has 0 aliphatic carbocycles. The Kier molecular flexibility index (Phi) is 6.60. The Hall–Kier alpha value is -0.610. The molecule has 2 unspecified atom stereocenters. The SMILES string of the molecule is COCCC(C)(OC(C)CC(C)C)C(=O)O. The van der Waals surface area contributed by atoms with E-state index in [4.69, 9.17) is 14.6 Å². The minimum Gasteiger partial charge on any atom is -0.479 e. The molecule has 0 aliphatic rings. The highest BCUT2D eigenvalue weighted by molar-refractivity contribution is 5.76. The summed E-state index contributed by atoms with van der Waals surface area (Å²) in [5.41, 5.74) is -1.15. The zero-order chi connectivity index (χ0) is 12.8. The zero-order valence-electron chi connectivity index (χ0n) is 10.9. The molecule has 0 spiro atoms. The van der Waals surface area contributed by atoms with Crippen LogP contribution in [0.4, 0.5) is 0 Å². The van der Waals surface area contributed by atoms with Crippen LogP contribution in [0, 0.1) is 5.92 Å². The van der Waals surface area contributed by atoms with Gasteiger partial charge >= 0.3 is 5.97 Å². The lowest BCUT2D eigenvalue weighted by molar-refractivity contribution is -0.173. The van der Waals surface area contributed by atoms with E-state index in [1.807, 2.05) is 6.92 Å². The maximum atomic E-state index is 11.2. The smallest absolute Gasteiger partial charge is 0.335 e. The second-order valence-corrected chi connectivity index (χ2v) is 4.84. The Morgan fingerprint density at radius 2 is 1.94 bits per heavy atom. The van der Waals surface area contributed by atoms with E-state index in [0.717, 1.165) is 6.42 Å². The fourth-order valence-corrected chi connectivity index (χ4v) is 1.67. The van der Waals surface area contributed by atoms with Crippen molar-refractivity contribution in [2.24, 2.45) is 5.92 Å². The topological polar surface area (TPSA) is 55.8 Å². The van der Waals surface area contributed by atoms with Crippen LogP contribution in [0.2, 0.25) is 0 Å². The average molecular weight is 232 g/mol. The molecule has 0 aromatic heterocycles. The van der Waals surface area contributed by atoms with E-state index in [1.165, 1.54) is 0 Å². The molecule has 0 saturated heterocycles. The summed E-state index contributed by atoms with van der Waals surface area (Å²) in [5.74, 6) is -0.435. The van der Waals surface area contributed by atoms with Gasteiger partial charge in [0.1, 0.15) is 0 Å². The lowest BCUT2D eigenvalue weighted by atomic mass is 10.0. The number of aliphatic carboxylic acids is 1. The van der Waals surface area contributed by atoms with Crippen LogP contribution >= 0.6 is 0 Å².